The minimum absolute atomic E-state index is 0.513. The summed E-state index contributed by atoms with van der Waals surface area (Å²) in [6, 6.07) is 15.5. The van der Waals surface area contributed by atoms with Crippen molar-refractivity contribution in [2.24, 2.45) is 0 Å². The minimum atomic E-state index is 0.513. The van der Waals surface area contributed by atoms with Gasteiger partial charge in [0.25, 0.3) is 0 Å². The Bertz CT molecular complexity index is 854. The molecule has 0 aliphatic heterocycles. The van der Waals surface area contributed by atoms with Gasteiger partial charge >= 0.3 is 0 Å². The monoisotopic (exact) mass is 384 g/mol. The van der Waals surface area contributed by atoms with Crippen LogP contribution in [-0.4, -0.2) is 17.1 Å². The maximum atomic E-state index is 5.22. The molecule has 6 heteroatoms. The highest BCUT2D eigenvalue weighted by molar-refractivity contribution is 9.10. The number of ether oxygens (including phenoxy) is 1. The number of benzene rings is 2. The van der Waals surface area contributed by atoms with E-state index in [0.717, 1.165) is 21.6 Å². The molecular weight excluding hydrogens is 368 g/mol. The van der Waals surface area contributed by atoms with E-state index in [9.17, 15) is 0 Å². The van der Waals surface area contributed by atoms with Crippen molar-refractivity contribution >= 4 is 39.1 Å². The number of anilines is 4. The zero-order chi connectivity index (χ0) is 16.9. The third kappa shape index (κ3) is 4.02. The van der Waals surface area contributed by atoms with Crippen LogP contribution in [0.3, 0.4) is 0 Å². The molecule has 3 rings (SSSR count). The van der Waals surface area contributed by atoms with Gasteiger partial charge in [-0.3, -0.25) is 0 Å². The lowest BCUT2D eigenvalue weighted by molar-refractivity contribution is 0.415. The van der Waals surface area contributed by atoms with Crippen molar-refractivity contribution in [1.29, 1.82) is 0 Å². The van der Waals surface area contributed by atoms with E-state index < -0.39 is 0 Å². The molecule has 5 nitrogen and oxygen atoms in total. The van der Waals surface area contributed by atoms with Crippen LogP contribution in [0.25, 0.3) is 0 Å². The van der Waals surface area contributed by atoms with Gasteiger partial charge in [0.15, 0.2) is 0 Å². The second-order valence-electron chi connectivity index (χ2n) is 5.21. The second-order valence-corrected chi connectivity index (χ2v) is 6.07. The Balaban J connectivity index is 1.77. The van der Waals surface area contributed by atoms with Crippen LogP contribution in [-0.2, 0) is 0 Å². The first-order valence-corrected chi connectivity index (χ1v) is 8.20. The molecule has 0 saturated carbocycles. The van der Waals surface area contributed by atoms with Gasteiger partial charge in [-0.2, -0.15) is 4.98 Å². The molecule has 0 spiro atoms. The SMILES string of the molecule is COc1cccc(Nc2nccc(Nc3ccc(C)c(Br)c3)n2)c1. The van der Waals surface area contributed by atoms with E-state index in [-0.39, 0.29) is 0 Å². The average Bonchev–Trinajstić information content (AvgIpc) is 2.59. The summed E-state index contributed by atoms with van der Waals surface area (Å²) in [6.07, 6.45) is 1.71. The van der Waals surface area contributed by atoms with Crippen LogP contribution in [0, 0.1) is 6.92 Å². The van der Waals surface area contributed by atoms with Crippen molar-refractivity contribution in [2.45, 2.75) is 6.92 Å². The summed E-state index contributed by atoms with van der Waals surface area (Å²) in [7, 11) is 1.64. The van der Waals surface area contributed by atoms with Gasteiger partial charge in [0.1, 0.15) is 11.6 Å². The summed E-state index contributed by atoms with van der Waals surface area (Å²) in [6.45, 7) is 2.05. The van der Waals surface area contributed by atoms with Gasteiger partial charge in [-0.25, -0.2) is 4.98 Å². The average molecular weight is 385 g/mol. The molecule has 0 unspecified atom stereocenters. The zero-order valence-corrected chi connectivity index (χ0v) is 15.0. The molecule has 1 aromatic heterocycles. The highest BCUT2D eigenvalue weighted by Gasteiger charge is 2.03. The molecule has 0 radical (unpaired) electrons. The molecule has 0 atom stereocenters. The summed E-state index contributed by atoms with van der Waals surface area (Å²) >= 11 is 3.53. The van der Waals surface area contributed by atoms with Gasteiger partial charge in [-0.15, -0.1) is 0 Å². The van der Waals surface area contributed by atoms with Crippen molar-refractivity contribution in [3.05, 3.63) is 64.8 Å². The van der Waals surface area contributed by atoms with E-state index in [4.69, 9.17) is 4.74 Å². The Kier molecular flexibility index (Phi) is 4.96. The van der Waals surface area contributed by atoms with Crippen LogP contribution in [0.1, 0.15) is 5.56 Å². The molecule has 3 aromatic rings. The molecule has 0 amide bonds. The zero-order valence-electron chi connectivity index (χ0n) is 13.4. The molecule has 0 bridgehead atoms. The largest absolute Gasteiger partial charge is 0.497 e. The number of halogens is 1. The van der Waals surface area contributed by atoms with Gasteiger partial charge in [0.2, 0.25) is 5.95 Å². The maximum Gasteiger partial charge on any atom is 0.229 e. The van der Waals surface area contributed by atoms with Gasteiger partial charge in [-0.1, -0.05) is 28.1 Å². The standard InChI is InChI=1S/C18H17BrN4O/c1-12-6-7-14(11-16(12)19)21-17-8-9-20-18(23-17)22-13-4-3-5-15(10-13)24-2/h3-11H,1-2H3,(H2,20,21,22,23). The second kappa shape index (κ2) is 7.31. The highest BCUT2D eigenvalue weighted by atomic mass is 79.9. The fourth-order valence-corrected chi connectivity index (χ4v) is 2.52. The quantitative estimate of drug-likeness (QED) is 0.644. The molecule has 24 heavy (non-hydrogen) atoms. The van der Waals surface area contributed by atoms with E-state index in [2.05, 4.69) is 43.5 Å². The van der Waals surface area contributed by atoms with E-state index in [0.29, 0.717) is 11.8 Å². The maximum absolute atomic E-state index is 5.22. The summed E-state index contributed by atoms with van der Waals surface area (Å²) in [4.78, 5) is 8.73. The van der Waals surface area contributed by atoms with E-state index >= 15 is 0 Å². The highest BCUT2D eigenvalue weighted by Crippen LogP contribution is 2.24. The van der Waals surface area contributed by atoms with Gasteiger partial charge in [0, 0.05) is 28.1 Å². The fourth-order valence-electron chi connectivity index (χ4n) is 2.14. The van der Waals surface area contributed by atoms with Crippen molar-refractivity contribution in [2.75, 3.05) is 17.7 Å². The van der Waals surface area contributed by atoms with Crippen LogP contribution < -0.4 is 15.4 Å². The molecule has 1 heterocycles. The third-order valence-corrected chi connectivity index (χ3v) is 4.28. The Morgan fingerprint density at radius 1 is 1.00 bits per heavy atom. The van der Waals surface area contributed by atoms with Crippen LogP contribution in [0.2, 0.25) is 0 Å². The van der Waals surface area contributed by atoms with Crippen molar-refractivity contribution < 1.29 is 4.74 Å². The summed E-state index contributed by atoms with van der Waals surface area (Å²) < 4.78 is 6.27. The van der Waals surface area contributed by atoms with Crippen molar-refractivity contribution in [3.8, 4) is 5.75 Å². The molecule has 0 saturated heterocycles. The predicted octanol–water partition coefficient (Wildman–Crippen LogP) is 5.04. The fraction of sp³-hybridized carbons (Fsp3) is 0.111. The van der Waals surface area contributed by atoms with Gasteiger partial charge < -0.3 is 15.4 Å². The number of nitrogens with one attached hydrogen (secondary N) is 2. The first-order chi connectivity index (χ1) is 11.6. The Labute approximate surface area is 149 Å². The number of methoxy groups -OCH3 is 1. The van der Waals surface area contributed by atoms with Crippen LogP contribution >= 0.6 is 15.9 Å². The first kappa shape index (κ1) is 16.3. The number of aromatic nitrogens is 2. The topological polar surface area (TPSA) is 59.1 Å². The number of hydrogen-bond donors (Lipinski definition) is 2. The van der Waals surface area contributed by atoms with Gasteiger partial charge in [-0.05, 0) is 42.8 Å². The van der Waals surface area contributed by atoms with Crippen molar-refractivity contribution in [1.82, 2.24) is 9.97 Å². The van der Waals surface area contributed by atoms with E-state index in [1.165, 1.54) is 5.56 Å². The normalized spacial score (nSPS) is 10.3. The van der Waals surface area contributed by atoms with Crippen LogP contribution in [0.15, 0.2) is 59.2 Å². The molecule has 2 N–H and O–H groups in total. The predicted molar refractivity (Wildman–Crippen MR) is 100 cm³/mol. The minimum Gasteiger partial charge on any atom is -0.497 e. The molecule has 0 aliphatic carbocycles. The number of rotatable bonds is 5. The molecular formula is C18H17BrN4O. The third-order valence-electron chi connectivity index (χ3n) is 3.43. The molecule has 122 valence electrons. The van der Waals surface area contributed by atoms with Crippen LogP contribution in [0.5, 0.6) is 5.75 Å². The Hall–Kier alpha value is -2.60. The lowest BCUT2D eigenvalue weighted by Gasteiger charge is -2.10. The summed E-state index contributed by atoms with van der Waals surface area (Å²) in [5, 5.41) is 6.45. The van der Waals surface area contributed by atoms with Crippen LogP contribution in [0.4, 0.5) is 23.1 Å². The molecule has 2 aromatic carbocycles. The smallest absolute Gasteiger partial charge is 0.229 e. The summed E-state index contributed by atoms with van der Waals surface area (Å²) in [5.41, 5.74) is 3.01. The number of nitrogens with zero attached hydrogens (tertiary/aromatic N) is 2. The lowest BCUT2D eigenvalue weighted by Crippen LogP contribution is -2.00. The van der Waals surface area contributed by atoms with Gasteiger partial charge in [0.05, 0.1) is 7.11 Å². The van der Waals surface area contributed by atoms with E-state index in [1.807, 2.05) is 48.5 Å². The Morgan fingerprint density at radius 3 is 2.62 bits per heavy atom. The van der Waals surface area contributed by atoms with E-state index in [1.54, 1.807) is 13.3 Å². The number of aryl methyl sites for hydroxylation is 1. The Morgan fingerprint density at radius 2 is 1.83 bits per heavy atom. The summed E-state index contributed by atoms with van der Waals surface area (Å²) in [5.74, 6) is 2.00. The lowest BCUT2D eigenvalue weighted by atomic mass is 10.2. The number of hydrogen-bond acceptors (Lipinski definition) is 5. The molecule has 0 aliphatic rings. The first-order valence-electron chi connectivity index (χ1n) is 7.41. The van der Waals surface area contributed by atoms with Crippen molar-refractivity contribution in [3.63, 3.8) is 0 Å². The molecule has 0 fully saturated rings.